The number of unbranched alkanes of at least 4 members (excludes halogenated alkanes) is 1. The molecule has 0 saturated heterocycles. The third kappa shape index (κ3) is 5.29. The first kappa shape index (κ1) is 23.1. The summed E-state index contributed by atoms with van der Waals surface area (Å²) in [6.07, 6.45) is 2.68. The van der Waals surface area contributed by atoms with Crippen LogP contribution >= 0.6 is 0 Å². The number of ketones is 1. The van der Waals surface area contributed by atoms with Gasteiger partial charge in [-0.05, 0) is 48.9 Å². The van der Waals surface area contributed by atoms with Gasteiger partial charge in [0.15, 0.2) is 12.4 Å². The molecule has 0 spiro atoms. The second kappa shape index (κ2) is 10.7. The summed E-state index contributed by atoms with van der Waals surface area (Å²) < 4.78 is 16.8. The van der Waals surface area contributed by atoms with Gasteiger partial charge in [0.05, 0.1) is 12.7 Å². The first-order chi connectivity index (χ1) is 16.6. The SMILES string of the molecule is CCCCc1oc2ccccc2c1C(=O)c1ccc(OCC(=O)Nc2cccc(OC)c2)cc1. The molecule has 1 N–H and O–H groups in total. The minimum atomic E-state index is -0.293. The maximum Gasteiger partial charge on any atom is 0.262 e. The molecule has 174 valence electrons. The lowest BCUT2D eigenvalue weighted by Gasteiger charge is -2.09. The Hall–Kier alpha value is -4.06. The van der Waals surface area contributed by atoms with Crippen molar-refractivity contribution < 1.29 is 23.5 Å². The number of hydrogen-bond acceptors (Lipinski definition) is 5. The van der Waals surface area contributed by atoms with Crippen molar-refractivity contribution in [2.75, 3.05) is 19.0 Å². The molecule has 4 rings (SSSR count). The van der Waals surface area contributed by atoms with Gasteiger partial charge in [0, 0.05) is 29.1 Å². The molecule has 6 heteroatoms. The van der Waals surface area contributed by atoms with E-state index in [0.29, 0.717) is 28.3 Å². The van der Waals surface area contributed by atoms with Gasteiger partial charge < -0.3 is 19.2 Å². The van der Waals surface area contributed by atoms with Gasteiger partial charge >= 0.3 is 0 Å². The van der Waals surface area contributed by atoms with Gasteiger partial charge in [-0.25, -0.2) is 0 Å². The third-order valence-corrected chi connectivity index (χ3v) is 5.49. The van der Waals surface area contributed by atoms with E-state index in [0.717, 1.165) is 36.0 Å². The zero-order valence-electron chi connectivity index (χ0n) is 19.3. The number of anilines is 1. The summed E-state index contributed by atoms with van der Waals surface area (Å²) in [5.41, 5.74) is 2.51. The Bertz CT molecular complexity index is 1290. The minimum absolute atomic E-state index is 0.0848. The first-order valence-electron chi connectivity index (χ1n) is 11.3. The molecular weight excluding hydrogens is 430 g/mol. The van der Waals surface area contributed by atoms with Crippen LogP contribution in [0.2, 0.25) is 0 Å². The van der Waals surface area contributed by atoms with Gasteiger partial charge in [-0.2, -0.15) is 0 Å². The zero-order chi connectivity index (χ0) is 23.9. The van der Waals surface area contributed by atoms with E-state index in [-0.39, 0.29) is 18.3 Å². The first-order valence-corrected chi connectivity index (χ1v) is 11.3. The van der Waals surface area contributed by atoms with Crippen LogP contribution in [0.5, 0.6) is 11.5 Å². The lowest BCUT2D eigenvalue weighted by molar-refractivity contribution is -0.118. The topological polar surface area (TPSA) is 77.8 Å². The predicted octanol–water partition coefficient (Wildman–Crippen LogP) is 6.03. The molecule has 3 aromatic carbocycles. The van der Waals surface area contributed by atoms with Crippen molar-refractivity contribution in [2.45, 2.75) is 26.2 Å². The molecular formula is C28H27NO5. The van der Waals surface area contributed by atoms with E-state index in [1.807, 2.05) is 24.3 Å². The van der Waals surface area contributed by atoms with Gasteiger partial charge in [0.25, 0.3) is 5.91 Å². The number of furan rings is 1. The van der Waals surface area contributed by atoms with Crippen LogP contribution < -0.4 is 14.8 Å². The lowest BCUT2D eigenvalue weighted by atomic mass is 9.98. The number of amides is 1. The Morgan fingerprint density at radius 2 is 1.74 bits per heavy atom. The average molecular weight is 458 g/mol. The van der Waals surface area contributed by atoms with Crippen molar-refractivity contribution in [1.82, 2.24) is 0 Å². The standard InChI is InChI=1S/C28H27NO5/c1-3-4-11-25-27(23-10-5-6-12-24(23)34-25)28(31)19-13-15-21(16-14-19)33-18-26(30)29-20-8-7-9-22(17-20)32-2/h5-10,12-17H,3-4,11,18H2,1-2H3,(H,29,30). The molecule has 4 aromatic rings. The lowest BCUT2D eigenvalue weighted by Crippen LogP contribution is -2.20. The fourth-order valence-corrected chi connectivity index (χ4v) is 3.75. The van der Waals surface area contributed by atoms with E-state index in [4.69, 9.17) is 13.9 Å². The second-order valence-corrected chi connectivity index (χ2v) is 7.92. The zero-order valence-corrected chi connectivity index (χ0v) is 19.3. The Kier molecular flexibility index (Phi) is 7.28. The summed E-state index contributed by atoms with van der Waals surface area (Å²) in [7, 11) is 1.57. The highest BCUT2D eigenvalue weighted by atomic mass is 16.5. The summed E-state index contributed by atoms with van der Waals surface area (Å²) in [6.45, 7) is 1.96. The van der Waals surface area contributed by atoms with E-state index in [2.05, 4.69) is 12.2 Å². The number of hydrogen-bond donors (Lipinski definition) is 1. The minimum Gasteiger partial charge on any atom is -0.497 e. The number of fused-ring (bicyclic) bond motifs is 1. The number of rotatable bonds is 10. The summed E-state index contributed by atoms with van der Waals surface area (Å²) in [4.78, 5) is 25.6. The summed E-state index contributed by atoms with van der Waals surface area (Å²) in [6, 6.07) is 21.5. The largest absolute Gasteiger partial charge is 0.497 e. The number of methoxy groups -OCH3 is 1. The Balaban J connectivity index is 1.43. The van der Waals surface area contributed by atoms with Crippen LogP contribution in [0.4, 0.5) is 5.69 Å². The number of carbonyl (C=O) groups excluding carboxylic acids is 2. The third-order valence-electron chi connectivity index (χ3n) is 5.49. The molecule has 0 fully saturated rings. The molecule has 6 nitrogen and oxygen atoms in total. The van der Waals surface area contributed by atoms with Gasteiger partial charge in [-0.3, -0.25) is 9.59 Å². The van der Waals surface area contributed by atoms with Crippen molar-refractivity contribution in [3.63, 3.8) is 0 Å². The molecule has 34 heavy (non-hydrogen) atoms. The normalized spacial score (nSPS) is 10.8. The maximum atomic E-state index is 13.4. The van der Waals surface area contributed by atoms with Gasteiger partial charge in [0.1, 0.15) is 22.8 Å². The van der Waals surface area contributed by atoms with Crippen LogP contribution in [0.1, 0.15) is 41.4 Å². The highest BCUT2D eigenvalue weighted by Gasteiger charge is 2.21. The van der Waals surface area contributed by atoms with Crippen LogP contribution in [0, 0.1) is 0 Å². The van der Waals surface area contributed by atoms with Crippen molar-refractivity contribution in [3.05, 3.63) is 89.7 Å². The molecule has 0 bridgehead atoms. The number of ether oxygens (including phenoxy) is 2. The van der Waals surface area contributed by atoms with Crippen LogP contribution in [0.3, 0.4) is 0 Å². The number of para-hydroxylation sites is 1. The van der Waals surface area contributed by atoms with Gasteiger partial charge in [-0.1, -0.05) is 37.6 Å². The van der Waals surface area contributed by atoms with E-state index < -0.39 is 0 Å². The predicted molar refractivity (Wildman–Crippen MR) is 132 cm³/mol. The van der Waals surface area contributed by atoms with Crippen LogP contribution in [-0.2, 0) is 11.2 Å². The van der Waals surface area contributed by atoms with E-state index >= 15 is 0 Å². The van der Waals surface area contributed by atoms with Crippen molar-refractivity contribution in [1.29, 1.82) is 0 Å². The molecule has 0 aliphatic rings. The van der Waals surface area contributed by atoms with Crippen LogP contribution in [0.15, 0.2) is 77.2 Å². The molecule has 0 atom stereocenters. The highest BCUT2D eigenvalue weighted by Crippen LogP contribution is 2.30. The monoisotopic (exact) mass is 457 g/mol. The number of aryl methyl sites for hydroxylation is 1. The fraction of sp³-hybridized carbons (Fsp3) is 0.214. The highest BCUT2D eigenvalue weighted by molar-refractivity contribution is 6.16. The Morgan fingerprint density at radius 1 is 0.941 bits per heavy atom. The average Bonchev–Trinajstić information content (AvgIpc) is 3.24. The van der Waals surface area contributed by atoms with Crippen molar-refractivity contribution >= 4 is 28.3 Å². The molecule has 0 saturated carbocycles. The van der Waals surface area contributed by atoms with E-state index in [1.165, 1.54) is 0 Å². The number of benzene rings is 3. The Morgan fingerprint density at radius 3 is 2.50 bits per heavy atom. The molecule has 0 radical (unpaired) electrons. The van der Waals surface area contributed by atoms with E-state index in [9.17, 15) is 9.59 Å². The summed E-state index contributed by atoms with van der Waals surface area (Å²) >= 11 is 0. The number of carbonyl (C=O) groups is 2. The molecule has 0 unspecified atom stereocenters. The molecule has 1 aromatic heterocycles. The van der Waals surface area contributed by atoms with E-state index in [1.54, 1.807) is 55.6 Å². The van der Waals surface area contributed by atoms with Crippen molar-refractivity contribution in [3.8, 4) is 11.5 Å². The molecule has 0 aliphatic carbocycles. The van der Waals surface area contributed by atoms with Crippen LogP contribution in [-0.4, -0.2) is 25.4 Å². The summed E-state index contributed by atoms with van der Waals surface area (Å²) in [5, 5.41) is 3.59. The second-order valence-electron chi connectivity index (χ2n) is 7.92. The number of nitrogens with one attached hydrogen (secondary N) is 1. The van der Waals surface area contributed by atoms with Gasteiger partial charge in [-0.15, -0.1) is 0 Å². The smallest absolute Gasteiger partial charge is 0.262 e. The van der Waals surface area contributed by atoms with Crippen molar-refractivity contribution in [2.24, 2.45) is 0 Å². The van der Waals surface area contributed by atoms with Gasteiger partial charge in [0.2, 0.25) is 0 Å². The fourth-order valence-electron chi connectivity index (χ4n) is 3.75. The molecule has 1 amide bonds. The molecule has 0 aliphatic heterocycles. The summed E-state index contributed by atoms with van der Waals surface area (Å²) in [5.74, 6) is 1.50. The maximum absolute atomic E-state index is 13.4. The Labute approximate surface area is 198 Å². The quantitative estimate of drug-likeness (QED) is 0.294. The van der Waals surface area contributed by atoms with Crippen LogP contribution in [0.25, 0.3) is 11.0 Å². The molecule has 1 heterocycles.